The van der Waals surface area contributed by atoms with Crippen molar-refractivity contribution in [2.24, 2.45) is 4.99 Å². The molecule has 5 rings (SSSR count). The predicted octanol–water partition coefficient (Wildman–Crippen LogP) is 6.64. The van der Waals surface area contributed by atoms with Crippen LogP contribution in [0.3, 0.4) is 0 Å². The van der Waals surface area contributed by atoms with Crippen LogP contribution < -0.4 is 24.4 Å². The first-order chi connectivity index (χ1) is 20.7. The molecule has 222 valence electrons. The summed E-state index contributed by atoms with van der Waals surface area (Å²) in [7, 11) is 0. The van der Waals surface area contributed by atoms with Gasteiger partial charge in [0.15, 0.2) is 4.80 Å². The van der Waals surface area contributed by atoms with Gasteiger partial charge in [-0.25, -0.2) is 9.79 Å². The van der Waals surface area contributed by atoms with E-state index in [1.807, 2.05) is 73.7 Å². The van der Waals surface area contributed by atoms with Gasteiger partial charge in [-0.1, -0.05) is 47.2 Å². The highest BCUT2D eigenvalue weighted by atomic mass is 127. The molecule has 0 saturated heterocycles. The van der Waals surface area contributed by atoms with Crippen molar-refractivity contribution in [1.82, 2.24) is 4.57 Å². The maximum atomic E-state index is 14.1. The van der Waals surface area contributed by atoms with Crippen LogP contribution in [0.5, 0.6) is 11.5 Å². The average molecular weight is 841 g/mol. The Morgan fingerprint density at radius 1 is 1.05 bits per heavy atom. The van der Waals surface area contributed by atoms with Gasteiger partial charge < -0.3 is 14.2 Å². The van der Waals surface area contributed by atoms with Gasteiger partial charge in [-0.3, -0.25) is 9.36 Å². The Kier molecular flexibility index (Phi) is 10.3. The summed E-state index contributed by atoms with van der Waals surface area (Å²) in [5, 5.41) is 0.661. The Bertz CT molecular complexity index is 1880. The molecule has 1 aliphatic rings. The van der Waals surface area contributed by atoms with E-state index in [9.17, 15) is 9.59 Å². The van der Waals surface area contributed by atoms with E-state index in [-0.39, 0.29) is 12.2 Å². The number of hydrogen-bond acceptors (Lipinski definition) is 7. The lowest BCUT2D eigenvalue weighted by atomic mass is 9.96. The number of aromatic nitrogens is 1. The van der Waals surface area contributed by atoms with Crippen LogP contribution in [0.25, 0.3) is 6.08 Å². The summed E-state index contributed by atoms with van der Waals surface area (Å²) in [5.41, 5.74) is 3.09. The van der Waals surface area contributed by atoms with Crippen molar-refractivity contribution >= 4 is 80.2 Å². The van der Waals surface area contributed by atoms with E-state index in [1.54, 1.807) is 18.4 Å². The molecule has 0 unspecified atom stereocenters. The molecule has 0 N–H and O–H groups in total. The Morgan fingerprint density at radius 2 is 1.77 bits per heavy atom. The zero-order chi connectivity index (χ0) is 30.7. The number of halogens is 3. The zero-order valence-corrected chi connectivity index (χ0v) is 29.4. The Morgan fingerprint density at radius 3 is 2.44 bits per heavy atom. The predicted molar refractivity (Wildman–Crippen MR) is 186 cm³/mol. The Hall–Kier alpha value is -2.68. The topological polar surface area (TPSA) is 79.1 Å². The minimum Gasteiger partial charge on any atom is -0.494 e. The van der Waals surface area contributed by atoms with Gasteiger partial charge in [-0.05, 0) is 120 Å². The largest absolute Gasteiger partial charge is 0.494 e. The standard InChI is InChI=1S/C32H27ClI2N2O5S/c1-4-40-24-12-8-20(9-13-24)28-27(31(39)41-5-2)18(3)36-32-37(28)30(38)26(43-32)15-21-14-23(34)16-25(35)29(21)42-17-19-6-10-22(33)11-7-19/h6-16,28H,4-5,17H2,1-3H3/b26-15-/t28-/m1/s1. The second-order valence-corrected chi connectivity index (χ2v) is 13.4. The molecule has 1 atom stereocenters. The number of benzene rings is 3. The Labute approximate surface area is 285 Å². The van der Waals surface area contributed by atoms with Crippen LogP contribution >= 0.6 is 68.1 Å². The lowest BCUT2D eigenvalue weighted by Gasteiger charge is -2.24. The third-order valence-electron chi connectivity index (χ3n) is 6.64. The van der Waals surface area contributed by atoms with Gasteiger partial charge in [0.2, 0.25) is 0 Å². The molecular weight excluding hydrogens is 814 g/mol. The van der Waals surface area contributed by atoms with Gasteiger partial charge in [0, 0.05) is 14.2 Å². The van der Waals surface area contributed by atoms with E-state index in [2.05, 4.69) is 50.2 Å². The fraction of sp³-hybridized carbons (Fsp3) is 0.219. The molecule has 1 aliphatic heterocycles. The summed E-state index contributed by atoms with van der Waals surface area (Å²) < 4.78 is 21.3. The molecule has 1 aromatic heterocycles. The molecule has 0 bridgehead atoms. The number of thiazole rings is 1. The minimum atomic E-state index is -0.704. The van der Waals surface area contributed by atoms with E-state index in [1.165, 1.54) is 11.3 Å². The molecule has 0 aliphatic carbocycles. The third-order valence-corrected chi connectivity index (χ3v) is 9.30. The molecule has 43 heavy (non-hydrogen) atoms. The molecule has 7 nitrogen and oxygen atoms in total. The van der Waals surface area contributed by atoms with Crippen molar-refractivity contribution in [2.45, 2.75) is 33.4 Å². The number of ether oxygens (including phenoxy) is 3. The summed E-state index contributed by atoms with van der Waals surface area (Å²) in [5.74, 6) is 0.881. The van der Waals surface area contributed by atoms with Gasteiger partial charge in [-0.2, -0.15) is 0 Å². The summed E-state index contributed by atoms with van der Waals surface area (Å²) in [6.45, 7) is 6.53. The number of allylic oxidation sites excluding steroid dienone is 1. The van der Waals surface area contributed by atoms with Gasteiger partial charge in [0.1, 0.15) is 18.1 Å². The van der Waals surface area contributed by atoms with Crippen molar-refractivity contribution in [3.05, 3.63) is 120 Å². The van der Waals surface area contributed by atoms with Gasteiger partial charge in [0.25, 0.3) is 5.56 Å². The molecule has 3 aromatic carbocycles. The van der Waals surface area contributed by atoms with Crippen LogP contribution in [-0.4, -0.2) is 23.8 Å². The smallest absolute Gasteiger partial charge is 0.338 e. The van der Waals surface area contributed by atoms with E-state index in [0.717, 1.165) is 23.8 Å². The molecule has 2 heterocycles. The van der Waals surface area contributed by atoms with Crippen molar-refractivity contribution in [2.75, 3.05) is 13.2 Å². The quantitative estimate of drug-likeness (QED) is 0.140. The van der Waals surface area contributed by atoms with Crippen LogP contribution in [0, 0.1) is 7.14 Å². The lowest BCUT2D eigenvalue weighted by Crippen LogP contribution is -2.39. The van der Waals surface area contributed by atoms with Crippen molar-refractivity contribution < 1.29 is 19.0 Å². The first-order valence-corrected chi connectivity index (χ1v) is 16.8. The number of carbonyl (C=O) groups excluding carboxylic acids is 1. The van der Waals surface area contributed by atoms with Crippen molar-refractivity contribution in [1.29, 1.82) is 0 Å². The summed E-state index contributed by atoms with van der Waals surface area (Å²) in [4.78, 5) is 32.5. The second kappa shape index (κ2) is 14.0. The monoisotopic (exact) mass is 840 g/mol. The van der Waals surface area contributed by atoms with Crippen LogP contribution in [0.4, 0.5) is 0 Å². The highest BCUT2D eigenvalue weighted by Crippen LogP contribution is 2.33. The average Bonchev–Trinajstić information content (AvgIpc) is 3.27. The number of fused-ring (bicyclic) bond motifs is 1. The highest BCUT2D eigenvalue weighted by molar-refractivity contribution is 14.1. The second-order valence-electron chi connectivity index (χ2n) is 9.53. The summed E-state index contributed by atoms with van der Waals surface area (Å²) in [6.07, 6.45) is 1.84. The molecule has 4 aromatic rings. The third kappa shape index (κ3) is 7.02. The van der Waals surface area contributed by atoms with E-state index < -0.39 is 12.0 Å². The first kappa shape index (κ1) is 31.7. The molecule has 11 heteroatoms. The number of esters is 1. The number of rotatable bonds is 9. The van der Waals surface area contributed by atoms with E-state index >= 15 is 0 Å². The van der Waals surface area contributed by atoms with Crippen molar-refractivity contribution in [3.63, 3.8) is 0 Å². The van der Waals surface area contributed by atoms with Gasteiger partial charge in [0.05, 0.1) is 38.6 Å². The molecule has 0 fully saturated rings. The fourth-order valence-corrected chi connectivity index (χ4v) is 7.95. The molecule has 0 amide bonds. The molecule has 0 radical (unpaired) electrons. The van der Waals surface area contributed by atoms with Crippen LogP contribution in [0.1, 0.15) is 43.5 Å². The molecular formula is C32H27ClI2N2O5S. The van der Waals surface area contributed by atoms with E-state index in [0.29, 0.717) is 50.3 Å². The lowest BCUT2D eigenvalue weighted by molar-refractivity contribution is -0.139. The summed E-state index contributed by atoms with van der Waals surface area (Å²) >= 11 is 11.8. The number of nitrogens with zero attached hydrogens (tertiary/aromatic N) is 2. The first-order valence-electron chi connectivity index (χ1n) is 13.5. The molecule has 0 spiro atoms. The summed E-state index contributed by atoms with van der Waals surface area (Å²) in [6, 6.07) is 18.2. The SMILES string of the molecule is CCOC(=O)C1=C(C)N=c2s/c(=C\c3cc(I)cc(I)c3OCc3ccc(Cl)cc3)c(=O)n2[C@@H]1c1ccc(OCC)cc1. The van der Waals surface area contributed by atoms with E-state index in [4.69, 9.17) is 25.8 Å². The van der Waals surface area contributed by atoms with Crippen LogP contribution in [0.2, 0.25) is 5.02 Å². The number of hydrogen-bond donors (Lipinski definition) is 0. The zero-order valence-electron chi connectivity index (χ0n) is 23.5. The fourth-order valence-electron chi connectivity index (χ4n) is 4.74. The molecule has 0 saturated carbocycles. The maximum absolute atomic E-state index is 14.1. The van der Waals surface area contributed by atoms with Gasteiger partial charge >= 0.3 is 5.97 Å². The van der Waals surface area contributed by atoms with Crippen LogP contribution in [0.15, 0.2) is 81.7 Å². The van der Waals surface area contributed by atoms with Crippen LogP contribution in [-0.2, 0) is 16.1 Å². The highest BCUT2D eigenvalue weighted by Gasteiger charge is 2.33. The minimum absolute atomic E-state index is 0.208. The van der Waals surface area contributed by atoms with Gasteiger partial charge in [-0.15, -0.1) is 0 Å². The Balaban J connectivity index is 1.63. The van der Waals surface area contributed by atoms with Crippen molar-refractivity contribution in [3.8, 4) is 11.5 Å². The normalized spacial score (nSPS) is 14.7. The maximum Gasteiger partial charge on any atom is 0.338 e. The number of carbonyl (C=O) groups is 1.